The molecule has 0 saturated carbocycles. The van der Waals surface area contributed by atoms with Crippen molar-refractivity contribution < 1.29 is 17.5 Å². The quantitative estimate of drug-likeness (QED) is 0.595. The van der Waals surface area contributed by atoms with E-state index in [9.17, 15) is 5.11 Å². The highest BCUT2D eigenvalue weighted by atomic mass is 35.5. The molecule has 16 heavy (non-hydrogen) atoms. The average Bonchev–Trinajstić information content (AvgIpc) is 2.31. The van der Waals surface area contributed by atoms with Crippen molar-refractivity contribution in [1.82, 2.24) is 4.48 Å². The SMILES string of the molecule is OCC[N+]12CCN(CC1)c1ccccc12.[Cl-]. The lowest BCUT2D eigenvalue weighted by Crippen LogP contribution is -3.00. The summed E-state index contributed by atoms with van der Waals surface area (Å²) >= 11 is 0. The Kier molecular flexibility index (Phi) is 3.10. The summed E-state index contributed by atoms with van der Waals surface area (Å²) < 4.78 is 0.989. The number of hydrogen-bond donors (Lipinski definition) is 1. The van der Waals surface area contributed by atoms with Crippen LogP contribution in [0.2, 0.25) is 0 Å². The van der Waals surface area contributed by atoms with Crippen LogP contribution < -0.4 is 21.8 Å². The molecule has 1 saturated heterocycles. The molecule has 3 heterocycles. The molecule has 0 spiro atoms. The van der Waals surface area contributed by atoms with Gasteiger partial charge in [-0.15, -0.1) is 0 Å². The topological polar surface area (TPSA) is 23.5 Å². The van der Waals surface area contributed by atoms with Gasteiger partial charge in [-0.25, -0.2) is 0 Å². The number of halogens is 1. The van der Waals surface area contributed by atoms with Crippen molar-refractivity contribution in [2.75, 3.05) is 44.2 Å². The summed E-state index contributed by atoms with van der Waals surface area (Å²) in [5, 5.41) is 9.23. The molecule has 0 radical (unpaired) electrons. The van der Waals surface area contributed by atoms with Crippen LogP contribution >= 0.6 is 0 Å². The first kappa shape index (κ1) is 11.7. The van der Waals surface area contributed by atoms with E-state index in [2.05, 4.69) is 29.2 Å². The largest absolute Gasteiger partial charge is 1.00 e. The van der Waals surface area contributed by atoms with Gasteiger partial charge in [-0.1, -0.05) is 12.1 Å². The van der Waals surface area contributed by atoms with Crippen molar-refractivity contribution in [2.24, 2.45) is 0 Å². The van der Waals surface area contributed by atoms with E-state index in [1.165, 1.54) is 11.4 Å². The second-order valence-electron chi connectivity index (χ2n) is 4.52. The van der Waals surface area contributed by atoms with Gasteiger partial charge in [0.15, 0.2) is 5.69 Å². The Morgan fingerprint density at radius 2 is 1.88 bits per heavy atom. The number of rotatable bonds is 2. The second-order valence-corrected chi connectivity index (χ2v) is 4.52. The molecular formula is C12H17ClN2O. The number of piperazine rings is 1. The monoisotopic (exact) mass is 240 g/mol. The number of aliphatic hydroxyl groups is 1. The Balaban J connectivity index is 0.000000963. The smallest absolute Gasteiger partial charge is 0.156 e. The van der Waals surface area contributed by atoms with Crippen LogP contribution in [0.25, 0.3) is 0 Å². The van der Waals surface area contributed by atoms with Crippen LogP contribution in [0, 0.1) is 0 Å². The van der Waals surface area contributed by atoms with Crippen molar-refractivity contribution in [3.05, 3.63) is 24.3 Å². The standard InChI is InChI=1S/C12H17N2O.ClH/c15-10-9-14-7-5-13(6-8-14)11-3-1-2-4-12(11)14;/h1-4,15H,5-10H2;1H/q+1;/p-1. The fourth-order valence-electron chi connectivity index (χ4n) is 3.00. The molecule has 3 aliphatic heterocycles. The Hall–Kier alpha value is -0.770. The fraction of sp³-hybridized carbons (Fsp3) is 0.500. The molecule has 88 valence electrons. The first-order valence-corrected chi connectivity index (χ1v) is 5.67. The van der Waals surface area contributed by atoms with Gasteiger partial charge in [-0.2, -0.15) is 0 Å². The molecule has 0 unspecified atom stereocenters. The van der Waals surface area contributed by atoms with E-state index >= 15 is 0 Å². The number of quaternary nitrogens is 1. The highest BCUT2D eigenvalue weighted by Crippen LogP contribution is 2.40. The number of nitrogens with zero attached hydrogens (tertiary/aromatic N) is 2. The maximum absolute atomic E-state index is 9.23. The maximum Gasteiger partial charge on any atom is 0.156 e. The first-order valence-electron chi connectivity index (χ1n) is 5.67. The summed E-state index contributed by atoms with van der Waals surface area (Å²) in [5.41, 5.74) is 2.78. The van der Waals surface area contributed by atoms with Gasteiger partial charge in [0.1, 0.15) is 19.6 Å². The van der Waals surface area contributed by atoms with Gasteiger partial charge < -0.3 is 22.4 Å². The van der Waals surface area contributed by atoms with E-state index in [1.54, 1.807) is 0 Å². The third kappa shape index (κ3) is 1.51. The van der Waals surface area contributed by atoms with Gasteiger partial charge in [0.25, 0.3) is 0 Å². The molecule has 0 aliphatic carbocycles. The maximum atomic E-state index is 9.23. The zero-order valence-corrected chi connectivity index (χ0v) is 10.0. The van der Waals surface area contributed by atoms with Crippen molar-refractivity contribution >= 4 is 11.4 Å². The summed E-state index contributed by atoms with van der Waals surface area (Å²) in [6.07, 6.45) is 0. The Bertz CT molecular complexity index is 375. The molecule has 0 aromatic heterocycles. The number of para-hydroxylation sites is 2. The van der Waals surface area contributed by atoms with Gasteiger partial charge in [0.05, 0.1) is 25.4 Å². The third-order valence-electron chi connectivity index (χ3n) is 3.86. The molecule has 1 aromatic rings. The van der Waals surface area contributed by atoms with E-state index < -0.39 is 0 Å². The normalized spacial score (nSPS) is 20.2. The third-order valence-corrected chi connectivity index (χ3v) is 3.86. The van der Waals surface area contributed by atoms with Crippen LogP contribution in [-0.2, 0) is 0 Å². The summed E-state index contributed by atoms with van der Waals surface area (Å²) in [6, 6.07) is 8.64. The summed E-state index contributed by atoms with van der Waals surface area (Å²) in [7, 11) is 0. The van der Waals surface area contributed by atoms with Gasteiger partial charge in [-0.3, -0.25) is 4.48 Å². The molecule has 4 heteroatoms. The summed E-state index contributed by atoms with van der Waals surface area (Å²) in [5.74, 6) is 0. The van der Waals surface area contributed by atoms with Gasteiger partial charge >= 0.3 is 0 Å². The van der Waals surface area contributed by atoms with Crippen LogP contribution in [0.5, 0.6) is 0 Å². The van der Waals surface area contributed by atoms with Crippen LogP contribution in [0.4, 0.5) is 11.4 Å². The van der Waals surface area contributed by atoms with Crippen LogP contribution in [-0.4, -0.2) is 44.4 Å². The van der Waals surface area contributed by atoms with Crippen LogP contribution in [0.3, 0.4) is 0 Å². The van der Waals surface area contributed by atoms with Gasteiger partial charge in [0, 0.05) is 6.07 Å². The number of anilines is 1. The molecule has 2 bridgehead atoms. The van der Waals surface area contributed by atoms with E-state index in [0.29, 0.717) is 0 Å². The molecule has 3 aliphatic rings. The van der Waals surface area contributed by atoms with Crippen LogP contribution in [0.1, 0.15) is 0 Å². The lowest BCUT2D eigenvalue weighted by Gasteiger charge is -2.51. The fourth-order valence-corrected chi connectivity index (χ4v) is 3.00. The first-order chi connectivity index (χ1) is 7.36. The van der Waals surface area contributed by atoms with E-state index in [1.807, 2.05) is 0 Å². The minimum absolute atomic E-state index is 0. The van der Waals surface area contributed by atoms with Crippen molar-refractivity contribution in [3.8, 4) is 0 Å². The van der Waals surface area contributed by atoms with E-state index in [-0.39, 0.29) is 19.0 Å². The van der Waals surface area contributed by atoms with Crippen molar-refractivity contribution in [2.45, 2.75) is 0 Å². The van der Waals surface area contributed by atoms with Crippen molar-refractivity contribution in [1.29, 1.82) is 0 Å². The molecule has 3 nitrogen and oxygen atoms in total. The Morgan fingerprint density at radius 1 is 1.19 bits per heavy atom. The van der Waals surface area contributed by atoms with E-state index in [0.717, 1.165) is 37.2 Å². The van der Waals surface area contributed by atoms with Gasteiger partial charge in [0.2, 0.25) is 0 Å². The van der Waals surface area contributed by atoms with E-state index in [4.69, 9.17) is 0 Å². The molecule has 0 atom stereocenters. The molecule has 0 amide bonds. The number of benzene rings is 1. The molecule has 1 fully saturated rings. The average molecular weight is 241 g/mol. The zero-order valence-electron chi connectivity index (χ0n) is 9.27. The predicted molar refractivity (Wildman–Crippen MR) is 62.1 cm³/mol. The second kappa shape index (κ2) is 4.24. The molecule has 1 N–H and O–H groups in total. The summed E-state index contributed by atoms with van der Waals surface area (Å²) in [4.78, 5) is 2.46. The molecular weight excluding hydrogens is 224 g/mol. The minimum Gasteiger partial charge on any atom is -1.00 e. The predicted octanol–water partition coefficient (Wildman–Crippen LogP) is -2.18. The summed E-state index contributed by atoms with van der Waals surface area (Å²) in [6.45, 7) is 5.72. The highest BCUT2D eigenvalue weighted by molar-refractivity contribution is 5.73. The lowest BCUT2D eigenvalue weighted by atomic mass is 10.0. The Labute approximate surface area is 102 Å². The highest BCUT2D eigenvalue weighted by Gasteiger charge is 2.42. The van der Waals surface area contributed by atoms with Crippen LogP contribution in [0.15, 0.2) is 24.3 Å². The van der Waals surface area contributed by atoms with Crippen molar-refractivity contribution in [3.63, 3.8) is 0 Å². The minimum atomic E-state index is 0. The Morgan fingerprint density at radius 3 is 2.56 bits per heavy atom. The number of fused-ring (bicyclic) bond motifs is 2. The molecule has 1 aromatic carbocycles. The zero-order chi connectivity index (χ0) is 10.3. The van der Waals surface area contributed by atoms with Gasteiger partial charge in [-0.05, 0) is 6.07 Å². The number of aliphatic hydroxyl groups excluding tert-OH is 1. The lowest BCUT2D eigenvalue weighted by molar-refractivity contribution is -0.00000431. The molecule has 4 rings (SSSR count). The number of hydrogen-bond acceptors (Lipinski definition) is 2.